The van der Waals surface area contributed by atoms with Crippen molar-refractivity contribution in [1.82, 2.24) is 20.9 Å². The van der Waals surface area contributed by atoms with E-state index in [2.05, 4.69) is 31.3 Å². The van der Waals surface area contributed by atoms with Crippen LogP contribution in [0.2, 0.25) is 0 Å². The minimum Gasteiger partial charge on any atom is -0.356 e. The van der Waals surface area contributed by atoms with Crippen molar-refractivity contribution in [3.63, 3.8) is 0 Å². The average molecular weight is 345 g/mol. The molecule has 128 valence electrons. The number of nitrogens with zero attached hydrogens (tertiary/aromatic N) is 2. The molecule has 0 unspecified atom stereocenters. The topological polar surface area (TPSA) is 78.4 Å². The van der Waals surface area contributed by atoms with Crippen LogP contribution in [0.3, 0.4) is 0 Å². The molecule has 0 aliphatic rings. The van der Waals surface area contributed by atoms with Gasteiger partial charge in [0.1, 0.15) is 0 Å². The Bertz CT molecular complexity index is 669. The molecule has 1 amide bonds. The number of guanidine groups is 1. The number of rotatable bonds is 7. The third-order valence-electron chi connectivity index (χ3n) is 3.31. The predicted molar refractivity (Wildman–Crippen MR) is 98.2 cm³/mol. The summed E-state index contributed by atoms with van der Waals surface area (Å²) in [5, 5.41) is 12.2. The molecule has 0 aliphatic heterocycles. The van der Waals surface area contributed by atoms with Gasteiger partial charge in [0, 0.05) is 31.9 Å². The zero-order chi connectivity index (χ0) is 17.2. The second kappa shape index (κ2) is 9.67. The van der Waals surface area contributed by atoms with Crippen LogP contribution >= 0.6 is 11.3 Å². The molecule has 3 N–H and O–H groups in total. The fraction of sp³-hybridized carbons (Fsp3) is 0.353. The number of aromatic nitrogens is 1. The number of aliphatic imine (C=N–C) groups is 1. The standard InChI is InChI=1S/C17H23N5OS/c1-13-22-15(12-24-13)8-9-19-17(18-2)21-11-16(23)20-10-14-6-4-3-5-7-14/h3-7,12H,8-11H2,1-2H3,(H,20,23)(H2,18,19,21). The van der Waals surface area contributed by atoms with Gasteiger partial charge in [0.15, 0.2) is 5.96 Å². The highest BCUT2D eigenvalue weighted by atomic mass is 32.1. The van der Waals surface area contributed by atoms with Crippen LogP contribution in [0.5, 0.6) is 0 Å². The van der Waals surface area contributed by atoms with Crippen molar-refractivity contribution in [2.75, 3.05) is 20.1 Å². The van der Waals surface area contributed by atoms with Crippen LogP contribution in [-0.2, 0) is 17.8 Å². The zero-order valence-electron chi connectivity index (χ0n) is 14.0. The minimum absolute atomic E-state index is 0.0723. The van der Waals surface area contributed by atoms with Crippen LogP contribution in [0, 0.1) is 6.92 Å². The monoisotopic (exact) mass is 345 g/mol. The summed E-state index contributed by atoms with van der Waals surface area (Å²) in [5.74, 6) is 0.536. The number of aryl methyl sites for hydroxylation is 1. The summed E-state index contributed by atoms with van der Waals surface area (Å²) in [4.78, 5) is 20.4. The Morgan fingerprint density at radius 2 is 2.00 bits per heavy atom. The summed E-state index contributed by atoms with van der Waals surface area (Å²) >= 11 is 1.65. The van der Waals surface area contributed by atoms with Crippen molar-refractivity contribution in [2.45, 2.75) is 19.9 Å². The van der Waals surface area contributed by atoms with Crippen molar-refractivity contribution in [1.29, 1.82) is 0 Å². The van der Waals surface area contributed by atoms with E-state index in [0.717, 1.165) is 22.7 Å². The molecule has 24 heavy (non-hydrogen) atoms. The first-order valence-corrected chi connectivity index (χ1v) is 8.71. The maximum absolute atomic E-state index is 11.9. The van der Waals surface area contributed by atoms with Gasteiger partial charge in [0.05, 0.1) is 17.2 Å². The van der Waals surface area contributed by atoms with Crippen LogP contribution in [0.4, 0.5) is 0 Å². The van der Waals surface area contributed by atoms with Crippen molar-refractivity contribution in [3.05, 3.63) is 52.0 Å². The number of carbonyl (C=O) groups is 1. The third kappa shape index (κ3) is 6.37. The lowest BCUT2D eigenvalue weighted by atomic mass is 10.2. The summed E-state index contributed by atoms with van der Waals surface area (Å²) in [5.41, 5.74) is 2.15. The highest BCUT2D eigenvalue weighted by Crippen LogP contribution is 2.07. The Morgan fingerprint density at radius 1 is 1.21 bits per heavy atom. The van der Waals surface area contributed by atoms with Crippen LogP contribution in [0.1, 0.15) is 16.3 Å². The maximum Gasteiger partial charge on any atom is 0.239 e. The predicted octanol–water partition coefficient (Wildman–Crippen LogP) is 1.48. The first-order valence-electron chi connectivity index (χ1n) is 7.83. The van der Waals surface area contributed by atoms with E-state index in [4.69, 9.17) is 0 Å². The van der Waals surface area contributed by atoms with Crippen molar-refractivity contribution < 1.29 is 4.79 Å². The Balaban J connectivity index is 1.64. The van der Waals surface area contributed by atoms with Gasteiger partial charge < -0.3 is 16.0 Å². The Hall–Kier alpha value is -2.41. The molecule has 7 heteroatoms. The summed E-state index contributed by atoms with van der Waals surface area (Å²) in [6, 6.07) is 9.82. The molecule has 2 rings (SSSR count). The molecule has 0 radical (unpaired) electrons. The number of thiazole rings is 1. The molecule has 0 saturated heterocycles. The fourth-order valence-electron chi connectivity index (χ4n) is 2.08. The lowest BCUT2D eigenvalue weighted by Crippen LogP contribution is -2.43. The number of benzene rings is 1. The molecule has 0 spiro atoms. The van der Waals surface area contributed by atoms with Gasteiger partial charge in [0.2, 0.25) is 5.91 Å². The third-order valence-corrected chi connectivity index (χ3v) is 4.13. The normalized spacial score (nSPS) is 11.2. The van der Waals surface area contributed by atoms with Gasteiger partial charge in [-0.1, -0.05) is 30.3 Å². The highest BCUT2D eigenvalue weighted by molar-refractivity contribution is 7.09. The maximum atomic E-state index is 11.9. The van der Waals surface area contributed by atoms with E-state index < -0.39 is 0 Å². The smallest absolute Gasteiger partial charge is 0.239 e. The average Bonchev–Trinajstić information content (AvgIpc) is 3.02. The van der Waals surface area contributed by atoms with Crippen LogP contribution in [-0.4, -0.2) is 37.0 Å². The van der Waals surface area contributed by atoms with Gasteiger partial charge in [-0.15, -0.1) is 11.3 Å². The molecule has 1 aromatic heterocycles. The van der Waals surface area contributed by atoms with E-state index in [0.29, 0.717) is 19.0 Å². The van der Waals surface area contributed by atoms with Crippen molar-refractivity contribution in [2.24, 2.45) is 4.99 Å². The summed E-state index contributed by atoms with van der Waals surface area (Å²) < 4.78 is 0. The molecule has 0 bridgehead atoms. The Kier molecular flexibility index (Phi) is 7.22. The SMILES string of the molecule is CN=C(NCCc1csc(C)n1)NCC(=O)NCc1ccccc1. The fourth-order valence-corrected chi connectivity index (χ4v) is 2.72. The number of hydrogen-bond donors (Lipinski definition) is 3. The summed E-state index contributed by atoms with van der Waals surface area (Å²) in [7, 11) is 1.68. The molecule has 0 aliphatic carbocycles. The van der Waals surface area contributed by atoms with E-state index in [-0.39, 0.29) is 12.5 Å². The second-order valence-corrected chi connectivity index (χ2v) is 6.28. The van der Waals surface area contributed by atoms with Gasteiger partial charge >= 0.3 is 0 Å². The number of amides is 1. The van der Waals surface area contributed by atoms with E-state index in [1.54, 1.807) is 18.4 Å². The minimum atomic E-state index is -0.0723. The first-order chi connectivity index (χ1) is 11.7. The van der Waals surface area contributed by atoms with Gasteiger partial charge in [-0.3, -0.25) is 9.79 Å². The van der Waals surface area contributed by atoms with E-state index >= 15 is 0 Å². The van der Waals surface area contributed by atoms with Crippen molar-refractivity contribution >= 4 is 23.2 Å². The quantitative estimate of drug-likeness (QED) is 0.525. The van der Waals surface area contributed by atoms with Gasteiger partial charge in [-0.25, -0.2) is 4.98 Å². The number of carbonyl (C=O) groups excluding carboxylic acids is 1. The van der Waals surface area contributed by atoms with Crippen LogP contribution < -0.4 is 16.0 Å². The van der Waals surface area contributed by atoms with E-state index in [1.807, 2.05) is 37.3 Å². The molecule has 1 heterocycles. The van der Waals surface area contributed by atoms with Crippen molar-refractivity contribution in [3.8, 4) is 0 Å². The molecule has 0 atom stereocenters. The molecule has 0 fully saturated rings. The lowest BCUT2D eigenvalue weighted by molar-refractivity contribution is -0.120. The molecular weight excluding hydrogens is 322 g/mol. The first kappa shape index (κ1) is 17.9. The number of nitrogens with one attached hydrogen (secondary N) is 3. The highest BCUT2D eigenvalue weighted by Gasteiger charge is 2.04. The molecule has 0 saturated carbocycles. The molecule has 1 aromatic carbocycles. The van der Waals surface area contributed by atoms with Crippen LogP contribution in [0.15, 0.2) is 40.7 Å². The van der Waals surface area contributed by atoms with E-state index in [1.165, 1.54) is 0 Å². The summed E-state index contributed by atoms with van der Waals surface area (Å²) in [6.07, 6.45) is 0.825. The van der Waals surface area contributed by atoms with Gasteiger partial charge in [-0.05, 0) is 12.5 Å². The van der Waals surface area contributed by atoms with Crippen LogP contribution in [0.25, 0.3) is 0 Å². The Labute approximate surface area is 146 Å². The number of hydrogen-bond acceptors (Lipinski definition) is 4. The molecule has 2 aromatic rings. The largest absolute Gasteiger partial charge is 0.356 e. The zero-order valence-corrected chi connectivity index (χ0v) is 14.8. The molecule has 6 nitrogen and oxygen atoms in total. The van der Waals surface area contributed by atoms with E-state index in [9.17, 15) is 4.79 Å². The van der Waals surface area contributed by atoms with Gasteiger partial charge in [-0.2, -0.15) is 0 Å². The Morgan fingerprint density at radius 3 is 2.67 bits per heavy atom. The molecular formula is C17H23N5OS. The second-order valence-electron chi connectivity index (χ2n) is 5.22. The summed E-state index contributed by atoms with van der Waals surface area (Å²) in [6.45, 7) is 3.42. The lowest BCUT2D eigenvalue weighted by Gasteiger charge is -2.11. The van der Waals surface area contributed by atoms with Gasteiger partial charge in [0.25, 0.3) is 0 Å².